The van der Waals surface area contributed by atoms with Gasteiger partial charge in [-0.15, -0.1) is 0 Å². The van der Waals surface area contributed by atoms with Crippen LogP contribution in [0.3, 0.4) is 0 Å². The Balaban J connectivity index is 1.47. The number of piperazine rings is 1. The molecule has 1 N–H and O–H groups in total. The van der Waals surface area contributed by atoms with Crippen LogP contribution >= 0.6 is 0 Å². The van der Waals surface area contributed by atoms with E-state index in [2.05, 4.69) is 26.3 Å². The van der Waals surface area contributed by atoms with Crippen LogP contribution in [0.1, 0.15) is 0 Å². The zero-order valence-electron chi connectivity index (χ0n) is 21.6. The van der Waals surface area contributed by atoms with Crippen molar-refractivity contribution in [2.75, 3.05) is 42.9 Å². The molecule has 1 saturated heterocycles. The average molecular weight is 585 g/mol. The van der Waals surface area contributed by atoms with Crippen molar-refractivity contribution in [2.24, 2.45) is 0 Å². The van der Waals surface area contributed by atoms with Gasteiger partial charge < -0.3 is 14.5 Å². The second kappa shape index (κ2) is 11.0. The van der Waals surface area contributed by atoms with Crippen molar-refractivity contribution in [3.63, 3.8) is 0 Å². The third-order valence-corrected chi connectivity index (χ3v) is 7.92. The Morgan fingerprint density at radius 2 is 1.76 bits per heavy atom. The monoisotopic (exact) mass is 584 g/mol. The Labute approximate surface area is 233 Å². The van der Waals surface area contributed by atoms with Gasteiger partial charge in [-0.2, -0.15) is 0 Å². The summed E-state index contributed by atoms with van der Waals surface area (Å²) >= 11 is 0. The highest BCUT2D eigenvalue weighted by molar-refractivity contribution is 7.92. The minimum absolute atomic E-state index is 0.0615. The number of rotatable bonds is 7. The molecule has 0 radical (unpaired) electrons. The van der Waals surface area contributed by atoms with Crippen molar-refractivity contribution in [1.29, 1.82) is 0 Å². The molecule has 10 nitrogen and oxygen atoms in total. The highest BCUT2D eigenvalue weighted by atomic mass is 32.2. The number of sulfonamides is 1. The van der Waals surface area contributed by atoms with E-state index in [4.69, 9.17) is 4.74 Å². The molecule has 14 heteroatoms. The number of fused-ring (bicyclic) bond motifs is 1. The zero-order chi connectivity index (χ0) is 29.3. The van der Waals surface area contributed by atoms with E-state index in [1.165, 1.54) is 30.6 Å². The lowest BCUT2D eigenvalue weighted by atomic mass is 10.0. The predicted molar refractivity (Wildman–Crippen MR) is 146 cm³/mol. The molecule has 5 rings (SSSR count). The van der Waals surface area contributed by atoms with Crippen LogP contribution in [0.5, 0.6) is 5.88 Å². The number of methoxy groups -OCH3 is 1. The molecule has 0 atom stereocenters. The maximum absolute atomic E-state index is 14.2. The van der Waals surface area contributed by atoms with Crippen LogP contribution in [-0.4, -0.2) is 67.5 Å². The number of anilines is 2. The lowest BCUT2D eigenvalue weighted by Gasteiger charge is -2.35. The number of halogens is 3. The lowest BCUT2D eigenvalue weighted by molar-refractivity contribution is -0.128. The number of carbonyl (C=O) groups excluding carboxylic acids is 1. The fourth-order valence-corrected chi connectivity index (χ4v) is 5.61. The molecule has 0 spiro atoms. The summed E-state index contributed by atoms with van der Waals surface area (Å²) in [5.74, 6) is -3.36. The highest BCUT2D eigenvalue weighted by Crippen LogP contribution is 2.33. The Hall–Kier alpha value is -4.72. The van der Waals surface area contributed by atoms with E-state index >= 15 is 0 Å². The van der Waals surface area contributed by atoms with Gasteiger partial charge in [0.15, 0.2) is 5.83 Å². The number of aromatic nitrogens is 3. The SMILES string of the molecule is C=C(F)C(=O)N1CCN(c2ncnc3ccc(-c4cnc(OC)c(NS(=O)(=O)c5ccc(F)cc5F)c4)cc23)CC1. The Morgan fingerprint density at radius 3 is 2.44 bits per heavy atom. The van der Waals surface area contributed by atoms with Crippen molar-refractivity contribution in [2.45, 2.75) is 4.90 Å². The summed E-state index contributed by atoms with van der Waals surface area (Å²) in [4.78, 5) is 27.5. The van der Waals surface area contributed by atoms with E-state index in [1.54, 1.807) is 12.1 Å². The molecule has 0 unspecified atom stereocenters. The summed E-state index contributed by atoms with van der Waals surface area (Å²) in [5, 5.41) is 0.686. The molecule has 0 saturated carbocycles. The van der Waals surface area contributed by atoms with Crippen LogP contribution in [0.25, 0.3) is 22.0 Å². The van der Waals surface area contributed by atoms with Gasteiger partial charge in [0.05, 0.1) is 12.6 Å². The second-order valence-corrected chi connectivity index (χ2v) is 10.7. The van der Waals surface area contributed by atoms with Crippen LogP contribution in [0.2, 0.25) is 0 Å². The Bertz CT molecular complexity index is 1780. The van der Waals surface area contributed by atoms with E-state index in [-0.39, 0.29) is 24.7 Å². The maximum Gasteiger partial charge on any atom is 0.282 e. The first kappa shape index (κ1) is 27.8. The molecular formula is C27H23F3N6O4S. The standard InChI is InChI=1S/C27H23F3N6O4S/c1-16(28)27(37)36-9-7-35(8-10-36)25-20-11-17(3-5-22(20)32-15-33-25)18-12-23(26(40-2)31-14-18)34-41(38,39)24-6-4-19(29)13-21(24)30/h3-6,11-15,34H,1,7-10H2,2H3. The largest absolute Gasteiger partial charge is 0.480 e. The minimum atomic E-state index is -4.46. The quantitative estimate of drug-likeness (QED) is 0.325. The van der Waals surface area contributed by atoms with Crippen molar-refractivity contribution in [1.82, 2.24) is 19.9 Å². The van der Waals surface area contributed by atoms with E-state index in [1.807, 2.05) is 11.0 Å². The first-order valence-electron chi connectivity index (χ1n) is 12.2. The number of hydrogen-bond acceptors (Lipinski definition) is 8. The number of hydrogen-bond donors (Lipinski definition) is 1. The molecule has 0 aliphatic carbocycles. The molecule has 0 bridgehead atoms. The first-order valence-corrected chi connectivity index (χ1v) is 13.7. The fourth-order valence-electron chi connectivity index (χ4n) is 4.51. The van der Waals surface area contributed by atoms with Crippen molar-refractivity contribution in [3.05, 3.63) is 79.0 Å². The lowest BCUT2D eigenvalue weighted by Crippen LogP contribution is -2.49. The topological polar surface area (TPSA) is 118 Å². The van der Waals surface area contributed by atoms with Crippen LogP contribution < -0.4 is 14.4 Å². The summed E-state index contributed by atoms with van der Waals surface area (Å²) in [7, 11) is -3.16. The smallest absolute Gasteiger partial charge is 0.282 e. The summed E-state index contributed by atoms with van der Waals surface area (Å²) in [6.45, 7) is 4.46. The Kier molecular flexibility index (Phi) is 7.49. The number of carbonyl (C=O) groups is 1. The molecule has 4 aromatic rings. The van der Waals surface area contributed by atoms with E-state index < -0.39 is 38.3 Å². The van der Waals surface area contributed by atoms with Crippen LogP contribution in [-0.2, 0) is 14.8 Å². The van der Waals surface area contributed by atoms with E-state index in [9.17, 15) is 26.4 Å². The summed E-state index contributed by atoms with van der Waals surface area (Å²) < 4.78 is 74.2. The highest BCUT2D eigenvalue weighted by Gasteiger charge is 2.25. The number of pyridine rings is 1. The normalized spacial score (nSPS) is 13.8. The van der Waals surface area contributed by atoms with E-state index in [0.29, 0.717) is 47.0 Å². The van der Waals surface area contributed by atoms with Crippen molar-refractivity contribution >= 4 is 38.3 Å². The average Bonchev–Trinajstić information content (AvgIpc) is 2.95. The number of ether oxygens (including phenoxy) is 1. The molecule has 3 heterocycles. The van der Waals surface area contributed by atoms with Gasteiger partial charge in [-0.3, -0.25) is 9.52 Å². The number of nitrogens with one attached hydrogen (secondary N) is 1. The molecule has 1 aliphatic rings. The maximum atomic E-state index is 14.2. The van der Waals surface area contributed by atoms with Gasteiger partial charge in [-0.1, -0.05) is 12.6 Å². The summed E-state index contributed by atoms with van der Waals surface area (Å²) in [5.41, 5.74) is 1.72. The molecular weight excluding hydrogens is 561 g/mol. The molecule has 1 fully saturated rings. The van der Waals surface area contributed by atoms with Gasteiger partial charge in [0.1, 0.15) is 34.4 Å². The van der Waals surface area contributed by atoms with E-state index in [0.717, 1.165) is 12.1 Å². The van der Waals surface area contributed by atoms with Gasteiger partial charge in [0.2, 0.25) is 5.88 Å². The molecule has 2 aromatic carbocycles. The third kappa shape index (κ3) is 5.63. The minimum Gasteiger partial charge on any atom is -0.480 e. The molecule has 1 aliphatic heterocycles. The first-order chi connectivity index (χ1) is 19.6. The van der Waals surface area contributed by atoms with Gasteiger partial charge >= 0.3 is 0 Å². The zero-order valence-corrected chi connectivity index (χ0v) is 22.5. The fraction of sp³-hybridized carbons (Fsp3) is 0.185. The van der Waals surface area contributed by atoms with Crippen LogP contribution in [0, 0.1) is 11.6 Å². The molecule has 1 amide bonds. The number of nitrogens with zero attached hydrogens (tertiary/aromatic N) is 5. The van der Waals surface area contributed by atoms with Crippen LogP contribution in [0.4, 0.5) is 24.7 Å². The molecule has 212 valence electrons. The number of benzene rings is 2. The van der Waals surface area contributed by atoms with Gasteiger partial charge in [-0.25, -0.2) is 36.5 Å². The summed E-state index contributed by atoms with van der Waals surface area (Å²) in [6.07, 6.45) is 2.91. The summed E-state index contributed by atoms with van der Waals surface area (Å²) in [6, 6.07) is 8.97. The second-order valence-electron chi connectivity index (χ2n) is 9.07. The third-order valence-electron chi connectivity index (χ3n) is 6.52. The van der Waals surface area contributed by atoms with Gasteiger partial charge in [-0.05, 0) is 35.9 Å². The van der Waals surface area contributed by atoms with Crippen molar-refractivity contribution in [3.8, 4) is 17.0 Å². The van der Waals surface area contributed by atoms with Crippen LogP contribution in [0.15, 0.2) is 72.3 Å². The molecule has 2 aromatic heterocycles. The van der Waals surface area contributed by atoms with Gasteiger partial charge in [0, 0.05) is 49.4 Å². The predicted octanol–water partition coefficient (Wildman–Crippen LogP) is 3.91. The number of amides is 1. The van der Waals surface area contributed by atoms with Crippen molar-refractivity contribution < 1.29 is 31.1 Å². The Morgan fingerprint density at radius 1 is 1.00 bits per heavy atom. The molecule has 41 heavy (non-hydrogen) atoms. The van der Waals surface area contributed by atoms with Gasteiger partial charge in [0.25, 0.3) is 15.9 Å².